The molecule has 1 aromatic carbocycles. The molecule has 1 heterocycles. The van der Waals surface area contributed by atoms with Crippen molar-refractivity contribution in [2.45, 2.75) is 76.0 Å². The molecule has 0 radical (unpaired) electrons. The third-order valence-corrected chi connectivity index (χ3v) is 7.63. The van der Waals surface area contributed by atoms with E-state index in [2.05, 4.69) is 5.32 Å². The van der Waals surface area contributed by atoms with E-state index < -0.39 is 12.1 Å². The van der Waals surface area contributed by atoms with Gasteiger partial charge in [-0.25, -0.2) is 4.79 Å². The Kier molecular flexibility index (Phi) is 5.67. The predicted molar refractivity (Wildman–Crippen MR) is 115 cm³/mol. The Morgan fingerprint density at radius 1 is 1.10 bits per heavy atom. The van der Waals surface area contributed by atoms with E-state index in [0.29, 0.717) is 17.9 Å². The summed E-state index contributed by atoms with van der Waals surface area (Å²) < 4.78 is 16.8. The summed E-state index contributed by atoms with van der Waals surface area (Å²) in [5.41, 5.74) is 0.341. The second kappa shape index (κ2) is 8.45. The van der Waals surface area contributed by atoms with Crippen LogP contribution in [0.3, 0.4) is 0 Å². The van der Waals surface area contributed by atoms with Crippen LogP contribution in [0.25, 0.3) is 0 Å². The fourth-order valence-electron chi connectivity index (χ4n) is 6.56. The summed E-state index contributed by atoms with van der Waals surface area (Å²) in [6.07, 6.45) is 8.67. The zero-order valence-electron chi connectivity index (χ0n) is 18.3. The van der Waals surface area contributed by atoms with Crippen molar-refractivity contribution >= 4 is 11.9 Å². The molecule has 4 bridgehead atoms. The molecule has 1 saturated heterocycles. The van der Waals surface area contributed by atoms with E-state index in [1.807, 2.05) is 0 Å². The van der Waals surface area contributed by atoms with Crippen LogP contribution in [0.15, 0.2) is 24.3 Å². The predicted octanol–water partition coefficient (Wildman–Crippen LogP) is 3.87. The van der Waals surface area contributed by atoms with Crippen LogP contribution in [0.1, 0.15) is 68.6 Å². The first kappa shape index (κ1) is 20.8. The number of nitrogens with one attached hydrogen (secondary N) is 1. The van der Waals surface area contributed by atoms with E-state index in [4.69, 9.17) is 14.2 Å². The zero-order chi connectivity index (χ0) is 21.4. The molecule has 6 nitrogen and oxygen atoms in total. The maximum absolute atomic E-state index is 12.8. The highest BCUT2D eigenvalue weighted by molar-refractivity contribution is 5.92. The lowest BCUT2D eigenvalue weighted by molar-refractivity contribution is -0.134. The average Bonchev–Trinajstić information content (AvgIpc) is 3.25. The van der Waals surface area contributed by atoms with E-state index in [1.54, 1.807) is 31.2 Å². The third-order valence-electron chi connectivity index (χ3n) is 7.63. The quantitative estimate of drug-likeness (QED) is 0.669. The number of esters is 1. The molecule has 0 spiro atoms. The van der Waals surface area contributed by atoms with Crippen LogP contribution in [0.2, 0.25) is 0 Å². The molecule has 31 heavy (non-hydrogen) atoms. The highest BCUT2D eigenvalue weighted by Gasteiger charge is 2.51. The van der Waals surface area contributed by atoms with Gasteiger partial charge in [0.05, 0.1) is 11.7 Å². The highest BCUT2D eigenvalue weighted by atomic mass is 16.5. The lowest BCUT2D eigenvalue weighted by atomic mass is 9.53. The maximum atomic E-state index is 12.8. The van der Waals surface area contributed by atoms with Crippen LogP contribution in [0.4, 0.5) is 0 Å². The minimum Gasteiger partial charge on any atom is -0.491 e. The molecule has 6 heteroatoms. The van der Waals surface area contributed by atoms with Gasteiger partial charge < -0.3 is 19.5 Å². The van der Waals surface area contributed by atoms with Crippen molar-refractivity contribution in [3.05, 3.63) is 29.8 Å². The van der Waals surface area contributed by atoms with E-state index in [0.717, 1.165) is 56.5 Å². The van der Waals surface area contributed by atoms with E-state index in [-0.39, 0.29) is 17.6 Å². The number of hydrogen-bond donors (Lipinski definition) is 1. The summed E-state index contributed by atoms with van der Waals surface area (Å²) in [7, 11) is 0. The molecule has 0 unspecified atom stereocenters. The van der Waals surface area contributed by atoms with Crippen molar-refractivity contribution in [2.24, 2.45) is 17.8 Å². The molecule has 4 aliphatic carbocycles. The summed E-state index contributed by atoms with van der Waals surface area (Å²) in [4.78, 5) is 25.4. The summed E-state index contributed by atoms with van der Waals surface area (Å²) in [6.45, 7) is 2.98. The summed E-state index contributed by atoms with van der Waals surface area (Å²) in [6, 6.07) is 6.87. The van der Waals surface area contributed by atoms with Gasteiger partial charge in [0, 0.05) is 12.1 Å². The van der Waals surface area contributed by atoms with Crippen molar-refractivity contribution in [2.75, 3.05) is 13.2 Å². The average molecular weight is 428 g/mol. The topological polar surface area (TPSA) is 73.9 Å². The molecule has 168 valence electrons. The molecular weight excluding hydrogens is 394 g/mol. The largest absolute Gasteiger partial charge is 0.491 e. The van der Waals surface area contributed by atoms with Gasteiger partial charge in [0.2, 0.25) is 0 Å². The Balaban J connectivity index is 1.12. The number of hydrogen-bond acceptors (Lipinski definition) is 5. The number of rotatable bonds is 7. The fourth-order valence-corrected chi connectivity index (χ4v) is 6.56. The molecule has 5 fully saturated rings. The Labute approximate surface area is 184 Å². The van der Waals surface area contributed by atoms with Crippen molar-refractivity contribution < 1.29 is 23.8 Å². The monoisotopic (exact) mass is 427 g/mol. The van der Waals surface area contributed by atoms with Crippen molar-refractivity contribution in [1.29, 1.82) is 0 Å². The normalized spacial score (nSPS) is 34.4. The van der Waals surface area contributed by atoms with Gasteiger partial charge >= 0.3 is 5.97 Å². The van der Waals surface area contributed by atoms with Gasteiger partial charge in [0.15, 0.2) is 6.10 Å². The van der Waals surface area contributed by atoms with Crippen LogP contribution in [-0.4, -0.2) is 42.8 Å². The fraction of sp³-hybridized carbons (Fsp3) is 0.680. The van der Waals surface area contributed by atoms with Crippen LogP contribution < -0.4 is 10.1 Å². The molecular formula is C25H33NO5. The van der Waals surface area contributed by atoms with Crippen LogP contribution in [0, 0.1) is 17.8 Å². The number of ether oxygens (including phenoxy) is 3. The molecule has 1 aliphatic heterocycles. The summed E-state index contributed by atoms with van der Waals surface area (Å²) in [5.74, 6) is 2.30. The van der Waals surface area contributed by atoms with Crippen LogP contribution >= 0.6 is 0 Å². The SMILES string of the molecule is C[C@H](OC(=O)c1ccc(OC[C@H]2CCCO2)cc1)C(=O)NC12CC3CC(CC(C3)C1)C2. The second-order valence-corrected chi connectivity index (χ2v) is 10.2. The lowest BCUT2D eigenvalue weighted by Crippen LogP contribution is -2.61. The standard InChI is InChI=1S/C25H33NO5/c1-16(23(27)26-25-12-17-9-18(13-25)11-19(10-17)14-25)31-24(28)20-4-6-21(7-5-20)30-15-22-3-2-8-29-22/h4-7,16-19,22H,2-3,8-15H2,1H3,(H,26,27)/t16-,17?,18?,19?,22+,25?/m0/s1. The Morgan fingerprint density at radius 3 is 2.32 bits per heavy atom. The van der Waals surface area contributed by atoms with Gasteiger partial charge in [-0.1, -0.05) is 0 Å². The molecule has 1 amide bonds. The van der Waals surface area contributed by atoms with E-state index in [1.165, 1.54) is 19.3 Å². The van der Waals surface area contributed by atoms with Crippen molar-refractivity contribution in [1.82, 2.24) is 5.32 Å². The van der Waals surface area contributed by atoms with Gasteiger partial charge in [0.1, 0.15) is 12.4 Å². The van der Waals surface area contributed by atoms with Crippen molar-refractivity contribution in [3.8, 4) is 5.75 Å². The first-order valence-electron chi connectivity index (χ1n) is 11.9. The van der Waals surface area contributed by atoms with Gasteiger partial charge in [-0.15, -0.1) is 0 Å². The first-order valence-corrected chi connectivity index (χ1v) is 11.9. The Morgan fingerprint density at radius 2 is 1.74 bits per heavy atom. The maximum Gasteiger partial charge on any atom is 0.338 e. The Bertz CT molecular complexity index is 778. The smallest absolute Gasteiger partial charge is 0.338 e. The molecule has 1 aromatic rings. The molecule has 6 rings (SSSR count). The number of amides is 1. The van der Waals surface area contributed by atoms with Crippen LogP contribution in [0.5, 0.6) is 5.75 Å². The molecule has 2 atom stereocenters. The molecule has 1 N–H and O–H groups in total. The first-order chi connectivity index (χ1) is 15.0. The molecule has 5 aliphatic rings. The summed E-state index contributed by atoms with van der Waals surface area (Å²) in [5, 5.41) is 3.29. The highest BCUT2D eigenvalue weighted by Crippen LogP contribution is 2.55. The minimum atomic E-state index is -0.809. The van der Waals surface area contributed by atoms with Crippen LogP contribution in [-0.2, 0) is 14.3 Å². The molecule has 0 aromatic heterocycles. The number of benzene rings is 1. The number of carbonyl (C=O) groups excluding carboxylic acids is 2. The van der Waals surface area contributed by atoms with Gasteiger partial charge in [-0.2, -0.15) is 0 Å². The van der Waals surface area contributed by atoms with Gasteiger partial charge in [-0.05, 0) is 100 Å². The number of carbonyl (C=O) groups is 2. The molecule has 4 saturated carbocycles. The van der Waals surface area contributed by atoms with E-state index in [9.17, 15) is 9.59 Å². The third kappa shape index (κ3) is 4.59. The second-order valence-electron chi connectivity index (χ2n) is 10.2. The minimum absolute atomic E-state index is 0.0749. The van der Waals surface area contributed by atoms with Gasteiger partial charge in [0.25, 0.3) is 5.91 Å². The summed E-state index contributed by atoms with van der Waals surface area (Å²) >= 11 is 0. The van der Waals surface area contributed by atoms with Crippen molar-refractivity contribution in [3.63, 3.8) is 0 Å². The van der Waals surface area contributed by atoms with Gasteiger partial charge in [-0.3, -0.25) is 4.79 Å². The zero-order valence-corrected chi connectivity index (χ0v) is 18.3. The lowest BCUT2D eigenvalue weighted by Gasteiger charge is -2.57. The van der Waals surface area contributed by atoms with E-state index >= 15 is 0 Å². The Hall–Kier alpha value is -2.08.